The summed E-state index contributed by atoms with van der Waals surface area (Å²) in [4.78, 5) is 14.7. The van der Waals surface area contributed by atoms with E-state index in [0.717, 1.165) is 45.1 Å². The summed E-state index contributed by atoms with van der Waals surface area (Å²) in [6.07, 6.45) is 0.357. The van der Waals surface area contributed by atoms with Gasteiger partial charge >= 0.3 is 6.09 Å². The molecule has 4 rings (SSSR count). The Bertz CT molecular complexity index is 1210. The molecule has 0 spiro atoms. The Morgan fingerprint density at radius 1 is 1.09 bits per heavy atom. The van der Waals surface area contributed by atoms with Crippen molar-refractivity contribution in [2.45, 2.75) is 52.2 Å². The highest BCUT2D eigenvalue weighted by Gasteiger charge is 2.37. The van der Waals surface area contributed by atoms with Crippen molar-refractivity contribution < 1.29 is 19.4 Å². The molecule has 34 heavy (non-hydrogen) atoms. The molecule has 0 bridgehead atoms. The number of allylic oxidation sites excluding steroid dienone is 1. The predicted octanol–water partition coefficient (Wildman–Crippen LogP) is 6.37. The third-order valence-corrected chi connectivity index (χ3v) is 5.86. The number of benzene rings is 3. The lowest BCUT2D eigenvalue weighted by Crippen LogP contribution is -2.36. The fourth-order valence-electron chi connectivity index (χ4n) is 4.46. The lowest BCUT2D eigenvalue weighted by Gasteiger charge is -2.25. The monoisotopic (exact) mass is 459 g/mol. The van der Waals surface area contributed by atoms with Crippen LogP contribution in [0.5, 0.6) is 5.75 Å². The maximum absolute atomic E-state index is 13.1. The number of rotatable bonds is 6. The molecular formula is C29H33NO4. The summed E-state index contributed by atoms with van der Waals surface area (Å²) in [5.41, 5.74) is 4.36. The van der Waals surface area contributed by atoms with Crippen LogP contribution in [0.25, 0.3) is 10.8 Å². The molecule has 0 aliphatic carbocycles. The highest BCUT2D eigenvalue weighted by Crippen LogP contribution is 2.46. The summed E-state index contributed by atoms with van der Waals surface area (Å²) >= 11 is 0. The van der Waals surface area contributed by atoms with Crippen LogP contribution < -0.4 is 9.64 Å². The average Bonchev–Trinajstić information content (AvgIpc) is 3.15. The van der Waals surface area contributed by atoms with Crippen molar-refractivity contribution in [2.24, 2.45) is 0 Å². The summed E-state index contributed by atoms with van der Waals surface area (Å²) in [6.45, 7) is 12.3. The van der Waals surface area contributed by atoms with E-state index in [1.54, 1.807) is 4.90 Å². The van der Waals surface area contributed by atoms with Crippen LogP contribution in [-0.4, -0.2) is 30.0 Å². The molecule has 1 heterocycles. The molecule has 3 aromatic rings. The third kappa shape index (κ3) is 5.10. The number of nitrogens with zero attached hydrogens (tertiary/aromatic N) is 1. The van der Waals surface area contributed by atoms with Gasteiger partial charge in [0.2, 0.25) is 0 Å². The van der Waals surface area contributed by atoms with E-state index in [-0.39, 0.29) is 12.5 Å². The van der Waals surface area contributed by atoms with E-state index in [2.05, 4.69) is 24.8 Å². The molecule has 1 N–H and O–H groups in total. The second kappa shape index (κ2) is 9.51. The molecule has 0 saturated heterocycles. The van der Waals surface area contributed by atoms with E-state index in [9.17, 15) is 9.90 Å². The smallest absolute Gasteiger partial charge is 0.414 e. The first-order valence-electron chi connectivity index (χ1n) is 11.7. The second-order valence-electron chi connectivity index (χ2n) is 10.1. The molecule has 1 atom stereocenters. The number of aliphatic hydroxyl groups is 1. The van der Waals surface area contributed by atoms with Crippen molar-refractivity contribution in [2.75, 3.05) is 18.1 Å². The minimum Gasteiger partial charge on any atom is -0.488 e. The van der Waals surface area contributed by atoms with Gasteiger partial charge in [-0.3, -0.25) is 4.90 Å². The molecule has 1 aliphatic rings. The van der Waals surface area contributed by atoms with Gasteiger partial charge in [0, 0.05) is 23.9 Å². The van der Waals surface area contributed by atoms with Crippen LogP contribution in [0.15, 0.2) is 66.7 Å². The number of amides is 1. The average molecular weight is 460 g/mol. The minimum absolute atomic E-state index is 0.0564. The number of hydrogen-bond acceptors (Lipinski definition) is 4. The maximum atomic E-state index is 13.1. The molecule has 0 fully saturated rings. The first-order chi connectivity index (χ1) is 16.2. The zero-order valence-electron chi connectivity index (χ0n) is 20.4. The van der Waals surface area contributed by atoms with E-state index in [4.69, 9.17) is 9.47 Å². The van der Waals surface area contributed by atoms with E-state index >= 15 is 0 Å². The molecule has 5 nitrogen and oxygen atoms in total. The summed E-state index contributed by atoms with van der Waals surface area (Å²) in [7, 11) is 0. The number of anilines is 1. The van der Waals surface area contributed by atoms with Gasteiger partial charge in [-0.25, -0.2) is 4.79 Å². The zero-order valence-corrected chi connectivity index (χ0v) is 20.4. The Morgan fingerprint density at radius 3 is 2.47 bits per heavy atom. The van der Waals surface area contributed by atoms with Gasteiger partial charge in [-0.15, -0.1) is 0 Å². The number of carbonyl (C=O) groups excluding carboxylic acids is 1. The summed E-state index contributed by atoms with van der Waals surface area (Å²) in [5.74, 6) is 0.508. The van der Waals surface area contributed by atoms with Crippen molar-refractivity contribution in [3.05, 3.63) is 83.4 Å². The SMILES string of the molecule is C=C(C)Cc1ccc2c3c(cc(OCc4ccccc4)c2c1)N(C(=O)OC(C)(C)C)C[C@H]3CO. The van der Waals surface area contributed by atoms with Crippen LogP contribution in [0.2, 0.25) is 0 Å². The van der Waals surface area contributed by atoms with E-state index < -0.39 is 11.7 Å². The Balaban J connectivity index is 1.83. The summed E-state index contributed by atoms with van der Waals surface area (Å²) in [6, 6.07) is 18.2. The quantitative estimate of drug-likeness (QED) is 0.435. The standard InChI is InChI=1S/C29H33NO4/c1-19(2)13-21-11-12-23-24(14-21)26(33-18-20-9-7-6-8-10-20)15-25-27(23)22(17-31)16-30(25)28(32)34-29(3,4)5/h6-12,14-15,22,31H,1,13,16-18H2,2-5H3/t22-/m0/s1. The fraction of sp³-hybridized carbons (Fsp3) is 0.345. The van der Waals surface area contributed by atoms with E-state index in [1.807, 2.05) is 64.1 Å². The number of ether oxygens (including phenoxy) is 2. The maximum Gasteiger partial charge on any atom is 0.414 e. The van der Waals surface area contributed by atoms with Gasteiger partial charge in [0.25, 0.3) is 0 Å². The van der Waals surface area contributed by atoms with Crippen LogP contribution in [0.4, 0.5) is 10.5 Å². The highest BCUT2D eigenvalue weighted by molar-refractivity contribution is 6.02. The van der Waals surface area contributed by atoms with Crippen molar-refractivity contribution >= 4 is 22.6 Å². The number of hydrogen-bond donors (Lipinski definition) is 1. The summed E-state index contributed by atoms with van der Waals surface area (Å²) in [5, 5.41) is 12.1. The molecule has 1 aliphatic heterocycles. The second-order valence-corrected chi connectivity index (χ2v) is 10.1. The van der Waals surface area contributed by atoms with Gasteiger partial charge in [0.05, 0.1) is 12.3 Å². The van der Waals surface area contributed by atoms with Crippen molar-refractivity contribution in [1.29, 1.82) is 0 Å². The van der Waals surface area contributed by atoms with Crippen LogP contribution in [0.1, 0.15) is 50.3 Å². The van der Waals surface area contributed by atoms with Gasteiger partial charge in [-0.05, 0) is 62.3 Å². The van der Waals surface area contributed by atoms with Gasteiger partial charge < -0.3 is 14.6 Å². The molecule has 178 valence electrons. The number of aliphatic hydroxyl groups excluding tert-OH is 1. The van der Waals surface area contributed by atoms with Gasteiger partial charge in [0.15, 0.2) is 0 Å². The van der Waals surface area contributed by atoms with Crippen LogP contribution in [-0.2, 0) is 17.8 Å². The first kappa shape index (κ1) is 23.8. The normalized spacial score (nSPS) is 15.3. The topological polar surface area (TPSA) is 59.0 Å². The fourth-order valence-corrected chi connectivity index (χ4v) is 4.46. The van der Waals surface area contributed by atoms with Gasteiger partial charge in [-0.1, -0.05) is 54.6 Å². The molecule has 0 radical (unpaired) electrons. The Hall–Kier alpha value is -3.31. The van der Waals surface area contributed by atoms with Gasteiger partial charge in [-0.2, -0.15) is 0 Å². The zero-order chi connectivity index (χ0) is 24.5. The molecular weight excluding hydrogens is 426 g/mol. The number of carbonyl (C=O) groups is 1. The molecule has 0 saturated carbocycles. The van der Waals surface area contributed by atoms with Crippen molar-refractivity contribution in [3.63, 3.8) is 0 Å². The predicted molar refractivity (Wildman–Crippen MR) is 137 cm³/mol. The van der Waals surface area contributed by atoms with Crippen molar-refractivity contribution in [1.82, 2.24) is 0 Å². The molecule has 0 unspecified atom stereocenters. The summed E-state index contributed by atoms with van der Waals surface area (Å²) < 4.78 is 12.0. The Labute approximate surface area is 201 Å². The Morgan fingerprint density at radius 2 is 1.82 bits per heavy atom. The van der Waals surface area contributed by atoms with E-state index in [1.165, 1.54) is 0 Å². The minimum atomic E-state index is -0.616. The molecule has 1 amide bonds. The molecule has 5 heteroatoms. The van der Waals surface area contributed by atoms with Crippen LogP contribution >= 0.6 is 0 Å². The van der Waals surface area contributed by atoms with Crippen LogP contribution in [0, 0.1) is 0 Å². The van der Waals surface area contributed by atoms with Crippen molar-refractivity contribution in [3.8, 4) is 5.75 Å². The largest absolute Gasteiger partial charge is 0.488 e. The molecule has 0 aromatic heterocycles. The highest BCUT2D eigenvalue weighted by atomic mass is 16.6. The lowest BCUT2D eigenvalue weighted by molar-refractivity contribution is 0.0581. The van der Waals surface area contributed by atoms with E-state index in [0.29, 0.717) is 18.9 Å². The van der Waals surface area contributed by atoms with Gasteiger partial charge in [0.1, 0.15) is 18.0 Å². The number of fused-ring (bicyclic) bond motifs is 3. The van der Waals surface area contributed by atoms with Crippen LogP contribution in [0.3, 0.4) is 0 Å². The third-order valence-electron chi connectivity index (χ3n) is 5.86. The first-order valence-corrected chi connectivity index (χ1v) is 11.7. The lowest BCUT2D eigenvalue weighted by atomic mass is 9.93. The molecule has 3 aromatic carbocycles. The Kier molecular flexibility index (Phi) is 6.67.